The van der Waals surface area contributed by atoms with Crippen LogP contribution in [0.1, 0.15) is 5.56 Å². The molecule has 1 aromatic rings. The number of aryl methyl sites for hydroxylation is 1. The van der Waals surface area contributed by atoms with Gasteiger partial charge in [-0.15, -0.1) is 0 Å². The molecule has 4 heteroatoms. The molecule has 0 fully saturated rings. The van der Waals surface area contributed by atoms with Gasteiger partial charge >= 0.3 is 5.97 Å². The van der Waals surface area contributed by atoms with Crippen LogP contribution in [0.15, 0.2) is 22.7 Å². The summed E-state index contributed by atoms with van der Waals surface area (Å²) >= 11 is 3.28. The van der Waals surface area contributed by atoms with E-state index < -0.39 is 5.97 Å². The maximum absolute atomic E-state index is 10.2. The van der Waals surface area contributed by atoms with Crippen molar-refractivity contribution in [2.24, 2.45) is 0 Å². The van der Waals surface area contributed by atoms with Crippen molar-refractivity contribution in [3.63, 3.8) is 0 Å². The van der Waals surface area contributed by atoms with Gasteiger partial charge < -0.3 is 9.84 Å². The summed E-state index contributed by atoms with van der Waals surface area (Å²) in [6.45, 7) is 1.56. The van der Waals surface area contributed by atoms with Gasteiger partial charge in [0.2, 0.25) is 0 Å². The molecule has 0 aliphatic carbocycles. The summed E-state index contributed by atoms with van der Waals surface area (Å²) in [7, 11) is 0. The Morgan fingerprint density at radius 2 is 2.31 bits per heavy atom. The second-order valence-electron chi connectivity index (χ2n) is 2.59. The van der Waals surface area contributed by atoms with Gasteiger partial charge in [-0.1, -0.05) is 22.0 Å². The smallest absolute Gasteiger partial charge is 0.341 e. The Bertz CT molecular complexity index is 323. The van der Waals surface area contributed by atoms with Gasteiger partial charge in [-0.25, -0.2) is 4.79 Å². The number of ether oxygens (including phenoxy) is 1. The number of halogens is 1. The van der Waals surface area contributed by atoms with E-state index in [0.717, 1.165) is 10.0 Å². The van der Waals surface area contributed by atoms with Gasteiger partial charge in [0, 0.05) is 4.47 Å². The zero-order chi connectivity index (χ0) is 9.84. The van der Waals surface area contributed by atoms with Gasteiger partial charge in [-0.05, 0) is 24.6 Å². The predicted octanol–water partition coefficient (Wildman–Crippen LogP) is 2.22. The van der Waals surface area contributed by atoms with Crippen LogP contribution in [-0.4, -0.2) is 17.7 Å². The fraction of sp³-hybridized carbons (Fsp3) is 0.222. The summed E-state index contributed by atoms with van der Waals surface area (Å²) in [6, 6.07) is 5.49. The standard InChI is InChI=1S/C9H9BrO3/c1-6-2-3-7(10)4-8(6)13-5-9(11)12/h2-4H,5H2,1H3,(H,11,12). The fourth-order valence-electron chi connectivity index (χ4n) is 0.869. The van der Waals surface area contributed by atoms with Crippen LogP contribution in [0.25, 0.3) is 0 Å². The predicted molar refractivity (Wildman–Crippen MR) is 52.0 cm³/mol. The summed E-state index contributed by atoms with van der Waals surface area (Å²) in [4.78, 5) is 10.2. The lowest BCUT2D eigenvalue weighted by Crippen LogP contribution is -2.09. The SMILES string of the molecule is Cc1ccc(Br)cc1OCC(=O)O. The van der Waals surface area contributed by atoms with Gasteiger partial charge in [0.05, 0.1) is 0 Å². The Kier molecular flexibility index (Phi) is 3.31. The minimum Gasteiger partial charge on any atom is -0.482 e. The van der Waals surface area contributed by atoms with E-state index in [1.165, 1.54) is 0 Å². The first-order chi connectivity index (χ1) is 6.09. The topological polar surface area (TPSA) is 46.5 Å². The molecule has 0 radical (unpaired) electrons. The number of hydrogen-bond acceptors (Lipinski definition) is 2. The van der Waals surface area contributed by atoms with E-state index in [0.29, 0.717) is 5.75 Å². The normalized spacial score (nSPS) is 9.69. The Labute approximate surface area is 84.5 Å². The molecule has 0 saturated carbocycles. The monoisotopic (exact) mass is 244 g/mol. The molecule has 1 N–H and O–H groups in total. The van der Waals surface area contributed by atoms with Crippen molar-refractivity contribution in [1.29, 1.82) is 0 Å². The molecule has 0 aromatic heterocycles. The van der Waals surface area contributed by atoms with Gasteiger partial charge in [-0.2, -0.15) is 0 Å². The molecule has 0 saturated heterocycles. The van der Waals surface area contributed by atoms with E-state index in [-0.39, 0.29) is 6.61 Å². The summed E-state index contributed by atoms with van der Waals surface area (Å²) in [5.41, 5.74) is 0.921. The Hall–Kier alpha value is -1.03. The lowest BCUT2D eigenvalue weighted by Gasteiger charge is -2.06. The number of hydrogen-bond donors (Lipinski definition) is 1. The van der Waals surface area contributed by atoms with Crippen molar-refractivity contribution >= 4 is 21.9 Å². The Morgan fingerprint density at radius 1 is 1.62 bits per heavy atom. The van der Waals surface area contributed by atoms with Crippen molar-refractivity contribution in [3.05, 3.63) is 28.2 Å². The maximum atomic E-state index is 10.2. The van der Waals surface area contributed by atoms with Crippen molar-refractivity contribution in [3.8, 4) is 5.75 Å². The average molecular weight is 245 g/mol. The molecule has 0 heterocycles. The van der Waals surface area contributed by atoms with Crippen LogP contribution in [0.3, 0.4) is 0 Å². The highest BCUT2D eigenvalue weighted by Crippen LogP contribution is 2.22. The molecule has 70 valence electrons. The molecule has 0 aliphatic heterocycles. The minimum atomic E-state index is -0.973. The third kappa shape index (κ3) is 3.06. The molecule has 0 amide bonds. The van der Waals surface area contributed by atoms with Crippen LogP contribution in [0.5, 0.6) is 5.75 Å². The van der Waals surface area contributed by atoms with E-state index in [4.69, 9.17) is 9.84 Å². The molecule has 1 aromatic carbocycles. The number of carboxylic acid groups (broad SMARTS) is 1. The lowest BCUT2D eigenvalue weighted by molar-refractivity contribution is -0.139. The Balaban J connectivity index is 2.75. The molecular formula is C9H9BrO3. The molecule has 1 rings (SSSR count). The van der Waals surface area contributed by atoms with E-state index in [1.807, 2.05) is 19.1 Å². The highest BCUT2D eigenvalue weighted by atomic mass is 79.9. The van der Waals surface area contributed by atoms with Crippen molar-refractivity contribution in [2.45, 2.75) is 6.92 Å². The van der Waals surface area contributed by atoms with Crippen molar-refractivity contribution < 1.29 is 14.6 Å². The quantitative estimate of drug-likeness (QED) is 0.888. The number of carboxylic acids is 1. The lowest BCUT2D eigenvalue weighted by atomic mass is 10.2. The van der Waals surface area contributed by atoms with Gasteiger partial charge in [0.15, 0.2) is 6.61 Å². The van der Waals surface area contributed by atoms with Crippen LogP contribution in [-0.2, 0) is 4.79 Å². The van der Waals surface area contributed by atoms with Crippen LogP contribution < -0.4 is 4.74 Å². The number of benzene rings is 1. The van der Waals surface area contributed by atoms with Gasteiger partial charge in [-0.3, -0.25) is 0 Å². The fourth-order valence-corrected chi connectivity index (χ4v) is 1.21. The van der Waals surface area contributed by atoms with E-state index in [1.54, 1.807) is 6.07 Å². The molecule has 0 aliphatic rings. The van der Waals surface area contributed by atoms with Crippen molar-refractivity contribution in [2.75, 3.05) is 6.61 Å². The number of carbonyl (C=O) groups is 1. The zero-order valence-corrected chi connectivity index (χ0v) is 8.67. The first-order valence-corrected chi connectivity index (χ1v) is 4.49. The highest BCUT2D eigenvalue weighted by Gasteiger charge is 2.02. The second kappa shape index (κ2) is 4.28. The first kappa shape index (κ1) is 10.1. The van der Waals surface area contributed by atoms with Crippen LogP contribution in [0.2, 0.25) is 0 Å². The third-order valence-corrected chi connectivity index (χ3v) is 1.99. The summed E-state index contributed by atoms with van der Waals surface area (Å²) < 4.78 is 5.92. The van der Waals surface area contributed by atoms with E-state index in [2.05, 4.69) is 15.9 Å². The van der Waals surface area contributed by atoms with E-state index >= 15 is 0 Å². The minimum absolute atomic E-state index is 0.308. The van der Waals surface area contributed by atoms with Gasteiger partial charge in [0.25, 0.3) is 0 Å². The summed E-state index contributed by atoms with van der Waals surface area (Å²) in [5.74, 6) is -0.379. The zero-order valence-electron chi connectivity index (χ0n) is 7.08. The summed E-state index contributed by atoms with van der Waals surface area (Å²) in [6.07, 6.45) is 0. The molecule has 0 unspecified atom stereocenters. The van der Waals surface area contributed by atoms with Crippen molar-refractivity contribution in [1.82, 2.24) is 0 Å². The largest absolute Gasteiger partial charge is 0.482 e. The molecular weight excluding hydrogens is 236 g/mol. The number of aliphatic carboxylic acids is 1. The molecule has 13 heavy (non-hydrogen) atoms. The molecule has 0 atom stereocenters. The number of rotatable bonds is 3. The van der Waals surface area contributed by atoms with Crippen LogP contribution in [0, 0.1) is 6.92 Å². The summed E-state index contributed by atoms with van der Waals surface area (Å²) in [5, 5.41) is 8.40. The maximum Gasteiger partial charge on any atom is 0.341 e. The van der Waals surface area contributed by atoms with Crippen LogP contribution in [0.4, 0.5) is 0 Å². The second-order valence-corrected chi connectivity index (χ2v) is 3.51. The molecule has 0 bridgehead atoms. The highest BCUT2D eigenvalue weighted by molar-refractivity contribution is 9.10. The van der Waals surface area contributed by atoms with E-state index in [9.17, 15) is 4.79 Å². The third-order valence-electron chi connectivity index (χ3n) is 1.50. The van der Waals surface area contributed by atoms with Gasteiger partial charge in [0.1, 0.15) is 5.75 Å². The Morgan fingerprint density at radius 3 is 2.92 bits per heavy atom. The molecule has 3 nitrogen and oxygen atoms in total. The van der Waals surface area contributed by atoms with Crippen LogP contribution >= 0.6 is 15.9 Å². The average Bonchev–Trinajstić information content (AvgIpc) is 2.06. The first-order valence-electron chi connectivity index (χ1n) is 3.70. The molecule has 0 spiro atoms.